The summed E-state index contributed by atoms with van der Waals surface area (Å²) in [4.78, 5) is 0. The molecule has 0 spiro atoms. The van der Waals surface area contributed by atoms with Crippen molar-refractivity contribution in [3.63, 3.8) is 0 Å². The van der Waals surface area contributed by atoms with Crippen LogP contribution in [0.3, 0.4) is 0 Å². The number of allylic oxidation sites excluding steroid dienone is 4. The van der Waals surface area contributed by atoms with Crippen LogP contribution in [-0.2, 0) is 0 Å². The zero-order valence-electron chi connectivity index (χ0n) is 30.7. The lowest BCUT2D eigenvalue weighted by Crippen LogP contribution is -2.55. The molecule has 6 atom stereocenters. The lowest BCUT2D eigenvalue weighted by Gasteiger charge is -2.49. The van der Waals surface area contributed by atoms with Crippen molar-refractivity contribution >= 4 is 0 Å². The molecule has 246 valence electrons. The van der Waals surface area contributed by atoms with Gasteiger partial charge in [-0.3, -0.25) is 0 Å². The molecule has 0 aliphatic heterocycles. The van der Waals surface area contributed by atoms with Gasteiger partial charge in [-0.05, 0) is 111 Å². The standard InChI is InChI=1S/C33H48F6O4/c1-21-23(19-24(40)20-26(21)41)11-10-22-9-6-17-30(5)25(22)12-13-27(30)29(4,15-7-14-28(2,3)42)16-8-18-31(43,32(34,35)36)33(37,38)39/h8,10-11,18,24-27,40-43H,1,6-7,9,12-17,19-20H2,2-5H3/b18-8+,22-10+,23-11-/t24-,25?,26+,27-,29+,30+/m1/s1/i2D3,3D3. The molecule has 0 aromatic carbocycles. The zero-order valence-corrected chi connectivity index (χ0v) is 24.7. The molecule has 4 nitrogen and oxygen atoms in total. The number of hydrogen-bond acceptors (Lipinski definition) is 4. The van der Waals surface area contributed by atoms with Crippen molar-refractivity contribution in [3.05, 3.63) is 47.6 Å². The first-order chi connectivity index (χ1) is 22.0. The predicted octanol–water partition coefficient (Wildman–Crippen LogP) is 7.88. The van der Waals surface area contributed by atoms with E-state index in [1.165, 1.54) is 0 Å². The van der Waals surface area contributed by atoms with Crippen molar-refractivity contribution in [2.24, 2.45) is 22.7 Å². The van der Waals surface area contributed by atoms with E-state index in [-0.39, 0.29) is 43.6 Å². The number of alkyl halides is 6. The van der Waals surface area contributed by atoms with Gasteiger partial charge in [0.1, 0.15) is 0 Å². The molecule has 0 saturated heterocycles. The Morgan fingerprint density at radius 2 is 1.67 bits per heavy atom. The molecule has 3 aliphatic carbocycles. The van der Waals surface area contributed by atoms with E-state index in [1.54, 1.807) is 6.92 Å². The Morgan fingerprint density at radius 3 is 2.28 bits per heavy atom. The third kappa shape index (κ3) is 7.79. The van der Waals surface area contributed by atoms with Crippen LogP contribution < -0.4 is 0 Å². The molecule has 0 radical (unpaired) electrons. The molecule has 4 N–H and O–H groups in total. The Labute approximate surface area is 259 Å². The van der Waals surface area contributed by atoms with Gasteiger partial charge < -0.3 is 20.4 Å². The SMILES string of the molecule is [2H]C([2H])([2H])C(O)(CCC[C@@](C)(C/C=C/C(O)(C(F)(F)F)C(F)(F)F)[C@H]1CCC2/C(=C/C=C3/C[C@@H](O)C[C@H](O)C3=C)CCC[C@@]21C)C([2H])([2H])[2H]. The number of rotatable bonds is 9. The second kappa shape index (κ2) is 12.6. The third-order valence-electron chi connectivity index (χ3n) is 10.2. The number of aliphatic hydroxyl groups excluding tert-OH is 2. The van der Waals surface area contributed by atoms with Crippen LogP contribution in [0.15, 0.2) is 47.6 Å². The van der Waals surface area contributed by atoms with Crippen molar-refractivity contribution in [2.75, 3.05) is 0 Å². The molecular formula is C33H48F6O4. The van der Waals surface area contributed by atoms with Crippen LogP contribution >= 0.6 is 0 Å². The fourth-order valence-corrected chi connectivity index (χ4v) is 7.86. The van der Waals surface area contributed by atoms with Gasteiger partial charge in [0.15, 0.2) is 0 Å². The Hall–Kier alpha value is -1.62. The first-order valence-corrected chi connectivity index (χ1v) is 14.7. The molecule has 1 unspecified atom stereocenters. The van der Waals surface area contributed by atoms with E-state index in [4.69, 9.17) is 8.22 Å². The van der Waals surface area contributed by atoms with E-state index < -0.39 is 66.7 Å². The summed E-state index contributed by atoms with van der Waals surface area (Å²) in [7, 11) is 0. The minimum absolute atomic E-state index is 0.0338. The Kier molecular flexibility index (Phi) is 8.14. The van der Waals surface area contributed by atoms with Gasteiger partial charge in [0.05, 0.1) is 17.8 Å². The van der Waals surface area contributed by atoms with Gasteiger partial charge in [-0.2, -0.15) is 26.3 Å². The zero-order chi connectivity index (χ0) is 37.6. The summed E-state index contributed by atoms with van der Waals surface area (Å²) in [6.45, 7) is 1.00. The summed E-state index contributed by atoms with van der Waals surface area (Å²) >= 11 is 0. The van der Waals surface area contributed by atoms with Crippen LogP contribution in [0.2, 0.25) is 0 Å². The van der Waals surface area contributed by atoms with Crippen molar-refractivity contribution in [3.8, 4) is 0 Å². The Balaban J connectivity index is 2.01. The highest BCUT2D eigenvalue weighted by molar-refractivity contribution is 5.38. The van der Waals surface area contributed by atoms with Crippen LogP contribution in [0.5, 0.6) is 0 Å². The summed E-state index contributed by atoms with van der Waals surface area (Å²) in [6, 6.07) is 0. The van der Waals surface area contributed by atoms with E-state index in [9.17, 15) is 46.8 Å². The van der Waals surface area contributed by atoms with Crippen molar-refractivity contribution in [1.29, 1.82) is 0 Å². The van der Waals surface area contributed by atoms with Crippen LogP contribution in [0.4, 0.5) is 26.3 Å². The van der Waals surface area contributed by atoms with Gasteiger partial charge in [-0.25, -0.2) is 0 Å². The quantitative estimate of drug-likeness (QED) is 0.155. The van der Waals surface area contributed by atoms with Gasteiger partial charge in [0.2, 0.25) is 0 Å². The molecule has 3 aliphatic rings. The molecule has 0 aromatic heterocycles. The lowest BCUT2D eigenvalue weighted by molar-refractivity contribution is -0.347. The van der Waals surface area contributed by atoms with Crippen molar-refractivity contribution in [1.82, 2.24) is 0 Å². The highest BCUT2D eigenvalue weighted by Gasteiger charge is 2.69. The minimum Gasteiger partial charge on any atom is -0.393 e. The van der Waals surface area contributed by atoms with Crippen LogP contribution in [0.1, 0.15) is 106 Å². The molecular weight excluding hydrogens is 574 g/mol. The highest BCUT2D eigenvalue weighted by atomic mass is 19.4. The topological polar surface area (TPSA) is 80.9 Å². The van der Waals surface area contributed by atoms with Crippen LogP contribution in [0.25, 0.3) is 0 Å². The molecule has 43 heavy (non-hydrogen) atoms. The summed E-state index contributed by atoms with van der Waals surface area (Å²) in [5, 5.41) is 41.0. The number of halogens is 6. The minimum atomic E-state index is -6.06. The number of hydrogen-bond donors (Lipinski definition) is 4. The maximum Gasteiger partial charge on any atom is 0.429 e. The van der Waals surface area contributed by atoms with Crippen molar-refractivity contribution < 1.29 is 55.0 Å². The first kappa shape index (κ1) is 27.7. The maximum absolute atomic E-state index is 13.5. The molecule has 10 heteroatoms. The number of aliphatic hydroxyl groups is 4. The van der Waals surface area contributed by atoms with Gasteiger partial charge in [0.25, 0.3) is 5.60 Å². The smallest absolute Gasteiger partial charge is 0.393 e. The second-order valence-corrected chi connectivity index (χ2v) is 13.3. The van der Waals surface area contributed by atoms with E-state index >= 15 is 0 Å². The second-order valence-electron chi connectivity index (χ2n) is 13.3. The summed E-state index contributed by atoms with van der Waals surface area (Å²) in [5.41, 5.74) is -7.54. The first-order valence-electron chi connectivity index (χ1n) is 17.7. The Bertz CT molecular complexity index is 1280. The summed E-state index contributed by atoms with van der Waals surface area (Å²) in [5.74, 6) is -0.375. The largest absolute Gasteiger partial charge is 0.429 e. The molecule has 3 fully saturated rings. The normalized spacial score (nSPS) is 35.6. The van der Waals surface area contributed by atoms with Gasteiger partial charge in [-0.15, -0.1) is 0 Å². The van der Waals surface area contributed by atoms with Gasteiger partial charge >= 0.3 is 12.4 Å². The molecule has 0 bridgehead atoms. The molecule has 3 rings (SSSR count). The van der Waals surface area contributed by atoms with Gasteiger partial charge in [0, 0.05) is 14.6 Å². The predicted molar refractivity (Wildman–Crippen MR) is 154 cm³/mol. The molecule has 0 aromatic rings. The van der Waals surface area contributed by atoms with Crippen molar-refractivity contribution in [2.45, 2.75) is 134 Å². The van der Waals surface area contributed by atoms with E-state index in [0.717, 1.165) is 18.4 Å². The van der Waals surface area contributed by atoms with Crippen LogP contribution in [0, 0.1) is 22.7 Å². The fraction of sp³-hybridized carbons (Fsp3) is 0.758. The maximum atomic E-state index is 13.5. The summed E-state index contributed by atoms with van der Waals surface area (Å²) < 4.78 is 127. The van der Waals surface area contributed by atoms with E-state index in [1.807, 2.05) is 19.1 Å². The fourth-order valence-electron chi connectivity index (χ4n) is 7.86. The monoisotopic (exact) mass is 628 g/mol. The molecule has 0 heterocycles. The molecule has 3 saturated carbocycles. The molecule has 0 amide bonds. The average Bonchev–Trinajstić information content (AvgIpc) is 3.29. The highest BCUT2D eigenvalue weighted by Crippen LogP contribution is 2.64. The summed E-state index contributed by atoms with van der Waals surface area (Å²) in [6.07, 6.45) is -7.24. The lowest BCUT2D eigenvalue weighted by atomic mass is 9.55. The van der Waals surface area contributed by atoms with Crippen LogP contribution in [-0.4, -0.2) is 56.2 Å². The number of fused-ring (bicyclic) bond motifs is 1. The van der Waals surface area contributed by atoms with Gasteiger partial charge in [-0.1, -0.05) is 50.6 Å². The van der Waals surface area contributed by atoms with E-state index in [2.05, 4.69) is 6.58 Å². The average molecular weight is 629 g/mol. The Morgan fingerprint density at radius 1 is 1.02 bits per heavy atom. The van der Waals surface area contributed by atoms with E-state index in [0.29, 0.717) is 42.9 Å². The third-order valence-corrected chi connectivity index (χ3v) is 10.2.